The largest absolute Gasteiger partial charge is 0.304 e. The van der Waals surface area contributed by atoms with Gasteiger partial charge in [-0.3, -0.25) is 0 Å². The maximum atomic E-state index is 2.38. The second-order valence-corrected chi connectivity index (χ2v) is 15.1. The van der Waals surface area contributed by atoms with Crippen LogP contribution in [-0.2, 0) is 19.3 Å². The standard InChI is InChI=1S/C24H27P.C6H15N.C6H15P/c1-4-19-7-13-22(14-8-19)25(23-15-9-20(5-2)10-16-23)24-17-11-21(6-3)12-18-24;2*1-4-7(5-2)6-3/h7-18H,4-6H2,1-3H3;2*4-6H2,1-3H3. The van der Waals surface area contributed by atoms with Crippen molar-refractivity contribution >= 4 is 31.8 Å². The molecule has 0 fully saturated rings. The summed E-state index contributed by atoms with van der Waals surface area (Å²) in [6, 6.07) is 27.7. The van der Waals surface area contributed by atoms with E-state index in [1.807, 2.05) is 0 Å². The van der Waals surface area contributed by atoms with E-state index in [9.17, 15) is 0 Å². The molecule has 0 aliphatic carbocycles. The van der Waals surface area contributed by atoms with Gasteiger partial charge in [-0.1, -0.05) is 135 Å². The first-order chi connectivity index (χ1) is 18.9. The van der Waals surface area contributed by atoms with Crippen molar-refractivity contribution in [3.63, 3.8) is 0 Å². The van der Waals surface area contributed by atoms with E-state index in [2.05, 4.69) is 140 Å². The fourth-order valence-corrected chi connectivity index (χ4v) is 8.01. The summed E-state index contributed by atoms with van der Waals surface area (Å²) < 4.78 is 0. The molecule has 0 unspecified atom stereocenters. The summed E-state index contributed by atoms with van der Waals surface area (Å²) in [4.78, 5) is 2.38. The first-order valence-corrected chi connectivity index (χ1v) is 18.7. The number of nitrogens with zero attached hydrogens (tertiary/aromatic N) is 1. The van der Waals surface area contributed by atoms with Gasteiger partial charge in [-0.05, 0) is 97.9 Å². The summed E-state index contributed by atoms with van der Waals surface area (Å²) in [5.41, 5.74) is 4.21. The molecular weight excluding hydrogens is 508 g/mol. The van der Waals surface area contributed by atoms with Gasteiger partial charge in [-0.2, -0.15) is 0 Å². The molecule has 39 heavy (non-hydrogen) atoms. The van der Waals surface area contributed by atoms with Crippen LogP contribution in [0.25, 0.3) is 0 Å². The minimum absolute atomic E-state index is 0.446. The lowest BCUT2D eigenvalue weighted by Crippen LogP contribution is -2.21. The molecule has 0 saturated heterocycles. The Labute approximate surface area is 245 Å². The van der Waals surface area contributed by atoms with E-state index < -0.39 is 7.92 Å². The third-order valence-corrected chi connectivity index (χ3v) is 12.6. The fraction of sp³-hybridized carbons (Fsp3) is 0.500. The summed E-state index contributed by atoms with van der Waals surface area (Å²) in [5.74, 6) is 0. The van der Waals surface area contributed by atoms with Crippen molar-refractivity contribution in [3.05, 3.63) is 89.5 Å². The molecule has 1 nitrogen and oxygen atoms in total. The molecule has 3 aromatic rings. The Balaban J connectivity index is 0.000000449. The van der Waals surface area contributed by atoms with Crippen LogP contribution in [0, 0.1) is 0 Å². The molecular formula is C36H57NP2. The Hall–Kier alpha value is -1.52. The lowest BCUT2D eigenvalue weighted by molar-refractivity contribution is 0.321. The third kappa shape index (κ3) is 12.7. The molecule has 3 rings (SSSR count). The predicted octanol–water partition coefficient (Wildman–Crippen LogP) is 9.01. The molecule has 0 amide bonds. The van der Waals surface area contributed by atoms with Gasteiger partial charge in [0.15, 0.2) is 0 Å². The van der Waals surface area contributed by atoms with Crippen LogP contribution in [0.3, 0.4) is 0 Å². The van der Waals surface area contributed by atoms with Gasteiger partial charge in [0.05, 0.1) is 0 Å². The van der Waals surface area contributed by atoms with Gasteiger partial charge >= 0.3 is 0 Å². The third-order valence-electron chi connectivity index (χ3n) is 7.49. The molecule has 0 aliphatic rings. The van der Waals surface area contributed by atoms with Crippen LogP contribution < -0.4 is 15.9 Å². The van der Waals surface area contributed by atoms with Crippen molar-refractivity contribution < 1.29 is 0 Å². The average Bonchev–Trinajstić information content (AvgIpc) is 3.01. The normalized spacial score (nSPS) is 10.8. The number of hydrogen-bond donors (Lipinski definition) is 0. The first-order valence-electron chi connectivity index (χ1n) is 15.5. The van der Waals surface area contributed by atoms with E-state index in [1.165, 1.54) is 70.7 Å². The SMILES string of the molecule is CCN(CC)CC.CCP(CC)CC.CCc1ccc(P(c2ccc(CC)cc2)c2ccc(CC)cc2)cc1. The number of benzene rings is 3. The van der Waals surface area contributed by atoms with Crippen LogP contribution in [0.2, 0.25) is 0 Å². The number of aryl methyl sites for hydroxylation is 3. The molecule has 0 N–H and O–H groups in total. The highest BCUT2D eigenvalue weighted by Crippen LogP contribution is 2.33. The number of hydrogen-bond acceptors (Lipinski definition) is 1. The maximum Gasteiger partial charge on any atom is -0.00474 e. The van der Waals surface area contributed by atoms with E-state index in [4.69, 9.17) is 0 Å². The Morgan fingerprint density at radius 1 is 0.410 bits per heavy atom. The van der Waals surface area contributed by atoms with Gasteiger partial charge in [0, 0.05) is 0 Å². The van der Waals surface area contributed by atoms with Gasteiger partial charge in [0.25, 0.3) is 0 Å². The molecule has 0 saturated carbocycles. The summed E-state index contributed by atoms with van der Waals surface area (Å²) in [5, 5.41) is 4.29. The summed E-state index contributed by atoms with van der Waals surface area (Å²) in [7, 11) is -0.0522. The predicted molar refractivity (Wildman–Crippen MR) is 185 cm³/mol. The first kappa shape index (κ1) is 35.5. The van der Waals surface area contributed by atoms with Gasteiger partial charge in [-0.15, -0.1) is 7.92 Å². The summed E-state index contributed by atoms with van der Waals surface area (Å²) in [6.07, 6.45) is 7.53. The monoisotopic (exact) mass is 565 g/mol. The van der Waals surface area contributed by atoms with E-state index in [0.717, 1.165) is 19.3 Å². The summed E-state index contributed by atoms with van der Waals surface area (Å²) in [6.45, 7) is 23.6. The van der Waals surface area contributed by atoms with Gasteiger partial charge in [0.2, 0.25) is 0 Å². The van der Waals surface area contributed by atoms with Crippen molar-refractivity contribution in [2.75, 3.05) is 38.1 Å². The van der Waals surface area contributed by atoms with E-state index >= 15 is 0 Å². The van der Waals surface area contributed by atoms with Crippen LogP contribution in [0.15, 0.2) is 72.8 Å². The molecule has 0 spiro atoms. The van der Waals surface area contributed by atoms with Gasteiger partial charge in [-0.25, -0.2) is 0 Å². The zero-order valence-electron chi connectivity index (χ0n) is 26.6. The fourth-order valence-electron chi connectivity index (χ4n) is 4.43. The molecule has 0 bridgehead atoms. The molecule has 3 heteroatoms. The minimum atomic E-state index is -0.498. The van der Waals surface area contributed by atoms with E-state index in [1.54, 1.807) is 0 Å². The zero-order chi connectivity index (χ0) is 29.0. The Morgan fingerprint density at radius 2 is 0.667 bits per heavy atom. The van der Waals surface area contributed by atoms with Gasteiger partial charge < -0.3 is 4.90 Å². The van der Waals surface area contributed by atoms with Crippen molar-refractivity contribution in [1.29, 1.82) is 0 Å². The number of rotatable bonds is 12. The minimum Gasteiger partial charge on any atom is -0.304 e. The molecule has 0 radical (unpaired) electrons. The topological polar surface area (TPSA) is 3.24 Å². The van der Waals surface area contributed by atoms with Crippen molar-refractivity contribution in [3.8, 4) is 0 Å². The molecule has 0 aliphatic heterocycles. The highest BCUT2D eigenvalue weighted by Gasteiger charge is 2.16. The lowest BCUT2D eigenvalue weighted by atomic mass is 10.2. The highest BCUT2D eigenvalue weighted by molar-refractivity contribution is 7.79. The van der Waals surface area contributed by atoms with E-state index in [-0.39, 0.29) is 0 Å². The van der Waals surface area contributed by atoms with Crippen LogP contribution in [-0.4, -0.2) is 43.0 Å². The zero-order valence-corrected chi connectivity index (χ0v) is 28.4. The molecule has 3 aromatic carbocycles. The Bertz CT molecular complexity index is 836. The average molecular weight is 566 g/mol. The Morgan fingerprint density at radius 3 is 0.795 bits per heavy atom. The second kappa shape index (κ2) is 21.3. The molecule has 0 heterocycles. The van der Waals surface area contributed by atoms with E-state index in [0.29, 0.717) is 7.92 Å². The van der Waals surface area contributed by atoms with Crippen molar-refractivity contribution in [2.24, 2.45) is 0 Å². The summed E-state index contributed by atoms with van der Waals surface area (Å²) >= 11 is 0. The molecule has 0 atom stereocenters. The molecule has 216 valence electrons. The van der Waals surface area contributed by atoms with Crippen molar-refractivity contribution in [1.82, 2.24) is 4.90 Å². The van der Waals surface area contributed by atoms with Crippen LogP contribution >= 0.6 is 15.8 Å². The highest BCUT2D eigenvalue weighted by atomic mass is 31.1. The van der Waals surface area contributed by atoms with Crippen LogP contribution in [0.4, 0.5) is 0 Å². The van der Waals surface area contributed by atoms with Crippen molar-refractivity contribution in [2.45, 2.75) is 81.6 Å². The maximum absolute atomic E-state index is 2.38. The second-order valence-electron chi connectivity index (χ2n) is 9.63. The van der Waals surface area contributed by atoms with Gasteiger partial charge in [0.1, 0.15) is 0 Å². The smallest absolute Gasteiger partial charge is 0.00474 e. The Kier molecular flexibility index (Phi) is 19.4. The van der Waals surface area contributed by atoms with Crippen LogP contribution in [0.1, 0.15) is 79.0 Å². The van der Waals surface area contributed by atoms with Crippen LogP contribution in [0.5, 0.6) is 0 Å². The lowest BCUT2D eigenvalue weighted by Gasteiger charge is -2.20. The molecule has 0 aromatic heterocycles. The quantitative estimate of drug-likeness (QED) is 0.198.